The normalized spacial score (nSPS) is 19.6. The van der Waals surface area contributed by atoms with Crippen LogP contribution in [0.15, 0.2) is 72.8 Å². The average molecular weight is 371 g/mol. The van der Waals surface area contributed by atoms with Crippen LogP contribution in [0.2, 0.25) is 0 Å². The van der Waals surface area contributed by atoms with Gasteiger partial charge in [0.15, 0.2) is 0 Å². The van der Waals surface area contributed by atoms with Gasteiger partial charge in [0, 0.05) is 12.3 Å². The molecule has 3 aromatic rings. The number of aliphatic hydroxyl groups excluding tert-OH is 1. The lowest BCUT2D eigenvalue weighted by molar-refractivity contribution is 0.132. The van der Waals surface area contributed by atoms with Crippen molar-refractivity contribution in [3.8, 4) is 11.1 Å². The largest absolute Gasteiger partial charge is 0.449 e. The summed E-state index contributed by atoms with van der Waals surface area (Å²) < 4.78 is 5.62. The molecule has 2 unspecified atom stereocenters. The van der Waals surface area contributed by atoms with Crippen molar-refractivity contribution in [2.75, 3.05) is 6.61 Å². The Balaban J connectivity index is 1.30. The van der Waals surface area contributed by atoms with Gasteiger partial charge in [-0.05, 0) is 33.4 Å². The van der Waals surface area contributed by atoms with Crippen molar-refractivity contribution in [1.29, 1.82) is 0 Å². The van der Waals surface area contributed by atoms with Crippen LogP contribution in [-0.4, -0.2) is 17.8 Å². The molecule has 0 aliphatic heterocycles. The summed E-state index contributed by atoms with van der Waals surface area (Å²) in [7, 11) is 0. The maximum Gasteiger partial charge on any atom is 0.407 e. The number of nitrogens with one attached hydrogen (secondary N) is 1. The molecular formula is C24H21NO3. The van der Waals surface area contributed by atoms with Crippen LogP contribution in [0.3, 0.4) is 0 Å². The third-order valence-electron chi connectivity index (χ3n) is 5.83. The van der Waals surface area contributed by atoms with Gasteiger partial charge in [-0.25, -0.2) is 4.79 Å². The number of aliphatic hydroxyl groups is 1. The van der Waals surface area contributed by atoms with E-state index >= 15 is 0 Å². The highest BCUT2D eigenvalue weighted by Gasteiger charge is 2.32. The smallest absolute Gasteiger partial charge is 0.407 e. The van der Waals surface area contributed by atoms with E-state index in [1.807, 2.05) is 48.5 Å². The molecule has 0 saturated heterocycles. The van der Waals surface area contributed by atoms with Crippen molar-refractivity contribution < 1.29 is 14.6 Å². The van der Waals surface area contributed by atoms with E-state index in [4.69, 9.17) is 4.74 Å². The highest BCUT2D eigenvalue weighted by atomic mass is 16.5. The lowest BCUT2D eigenvalue weighted by atomic mass is 9.98. The second-order valence-corrected chi connectivity index (χ2v) is 7.40. The fourth-order valence-corrected chi connectivity index (χ4v) is 4.53. The van der Waals surface area contributed by atoms with Gasteiger partial charge in [0.05, 0.1) is 12.1 Å². The highest BCUT2D eigenvalue weighted by molar-refractivity contribution is 5.79. The number of amides is 1. The molecule has 140 valence electrons. The molecule has 0 fully saturated rings. The van der Waals surface area contributed by atoms with Crippen LogP contribution in [0.4, 0.5) is 4.79 Å². The Hall–Kier alpha value is -3.11. The first kappa shape index (κ1) is 17.0. The number of hydrogen-bond donors (Lipinski definition) is 2. The lowest BCUT2D eigenvalue weighted by Crippen LogP contribution is -2.29. The molecule has 28 heavy (non-hydrogen) atoms. The number of hydrogen-bond acceptors (Lipinski definition) is 3. The van der Waals surface area contributed by atoms with E-state index in [0.29, 0.717) is 6.42 Å². The third kappa shape index (κ3) is 2.77. The predicted octanol–water partition coefficient (Wildman–Crippen LogP) is 4.70. The summed E-state index contributed by atoms with van der Waals surface area (Å²) in [6.07, 6.45) is -0.519. The first-order valence-corrected chi connectivity index (χ1v) is 9.61. The molecule has 0 heterocycles. The second-order valence-electron chi connectivity index (χ2n) is 7.40. The minimum absolute atomic E-state index is 0.0413. The highest BCUT2D eigenvalue weighted by Crippen LogP contribution is 2.44. The number of benzene rings is 3. The Morgan fingerprint density at radius 1 is 0.857 bits per heavy atom. The van der Waals surface area contributed by atoms with Gasteiger partial charge in [0.2, 0.25) is 0 Å². The molecule has 0 aromatic heterocycles. The molecule has 2 N–H and O–H groups in total. The van der Waals surface area contributed by atoms with E-state index in [1.54, 1.807) is 0 Å². The van der Waals surface area contributed by atoms with Crippen LogP contribution in [0.25, 0.3) is 11.1 Å². The van der Waals surface area contributed by atoms with Crippen molar-refractivity contribution in [1.82, 2.24) is 5.32 Å². The average Bonchev–Trinajstić information content (AvgIpc) is 3.22. The van der Waals surface area contributed by atoms with Crippen molar-refractivity contribution in [2.24, 2.45) is 0 Å². The van der Waals surface area contributed by atoms with Gasteiger partial charge in [0.25, 0.3) is 0 Å². The lowest BCUT2D eigenvalue weighted by Gasteiger charge is -2.17. The summed E-state index contributed by atoms with van der Waals surface area (Å²) >= 11 is 0. The van der Waals surface area contributed by atoms with E-state index < -0.39 is 12.2 Å². The zero-order valence-electron chi connectivity index (χ0n) is 15.3. The second kappa shape index (κ2) is 6.80. The first-order valence-electron chi connectivity index (χ1n) is 9.61. The number of ether oxygens (including phenoxy) is 1. The molecule has 2 aliphatic rings. The van der Waals surface area contributed by atoms with Gasteiger partial charge in [0.1, 0.15) is 6.61 Å². The maximum absolute atomic E-state index is 12.5. The van der Waals surface area contributed by atoms with E-state index in [2.05, 4.69) is 29.6 Å². The number of fused-ring (bicyclic) bond motifs is 4. The molecule has 0 radical (unpaired) electrons. The van der Waals surface area contributed by atoms with E-state index in [9.17, 15) is 9.90 Å². The van der Waals surface area contributed by atoms with Gasteiger partial charge in [-0.2, -0.15) is 0 Å². The van der Waals surface area contributed by atoms with Crippen molar-refractivity contribution in [2.45, 2.75) is 24.5 Å². The number of alkyl carbamates (subject to hydrolysis) is 1. The molecule has 5 rings (SSSR count). The van der Waals surface area contributed by atoms with Crippen LogP contribution in [-0.2, 0) is 4.74 Å². The van der Waals surface area contributed by atoms with Crippen molar-refractivity contribution in [3.05, 3.63) is 95.1 Å². The maximum atomic E-state index is 12.5. The number of carbonyl (C=O) groups is 1. The summed E-state index contributed by atoms with van der Waals surface area (Å²) in [5.74, 6) is 0.0413. The Kier molecular flexibility index (Phi) is 4.14. The molecule has 4 nitrogen and oxygen atoms in total. The minimum Gasteiger partial charge on any atom is -0.449 e. The molecular weight excluding hydrogens is 350 g/mol. The molecule has 0 bridgehead atoms. The van der Waals surface area contributed by atoms with E-state index in [1.165, 1.54) is 22.3 Å². The van der Waals surface area contributed by atoms with Crippen LogP contribution in [0, 0.1) is 0 Å². The fraction of sp³-hybridized carbons (Fsp3) is 0.208. The number of carbonyl (C=O) groups excluding carboxylic acids is 1. The van der Waals surface area contributed by atoms with Gasteiger partial charge in [-0.3, -0.25) is 0 Å². The SMILES string of the molecule is O=C(NC1CC(O)c2ccccc21)OCC1c2ccccc2-c2ccccc21. The van der Waals surface area contributed by atoms with Crippen LogP contribution < -0.4 is 5.32 Å². The van der Waals surface area contributed by atoms with Crippen LogP contribution >= 0.6 is 0 Å². The predicted molar refractivity (Wildman–Crippen MR) is 107 cm³/mol. The Morgan fingerprint density at radius 3 is 2.04 bits per heavy atom. The van der Waals surface area contributed by atoms with Gasteiger partial charge in [-0.1, -0.05) is 72.8 Å². The topological polar surface area (TPSA) is 58.6 Å². The van der Waals surface area contributed by atoms with E-state index in [0.717, 1.165) is 11.1 Å². The fourth-order valence-electron chi connectivity index (χ4n) is 4.53. The van der Waals surface area contributed by atoms with Crippen molar-refractivity contribution in [3.63, 3.8) is 0 Å². The Labute approximate surface area is 163 Å². The summed E-state index contributed by atoms with van der Waals surface area (Å²) in [6.45, 7) is 0.288. The van der Waals surface area contributed by atoms with Gasteiger partial charge >= 0.3 is 6.09 Å². The Bertz CT molecular complexity index is 1000. The summed E-state index contributed by atoms with van der Waals surface area (Å²) in [5, 5.41) is 13.1. The summed E-state index contributed by atoms with van der Waals surface area (Å²) in [6, 6.07) is 24.0. The van der Waals surface area contributed by atoms with Gasteiger partial charge in [-0.15, -0.1) is 0 Å². The zero-order valence-corrected chi connectivity index (χ0v) is 15.3. The molecule has 1 amide bonds. The minimum atomic E-state index is -0.546. The van der Waals surface area contributed by atoms with Gasteiger partial charge < -0.3 is 15.2 Å². The Morgan fingerprint density at radius 2 is 1.39 bits per heavy atom. The molecule has 0 spiro atoms. The quantitative estimate of drug-likeness (QED) is 0.701. The van der Waals surface area contributed by atoms with Crippen molar-refractivity contribution >= 4 is 6.09 Å². The summed E-state index contributed by atoms with van der Waals surface area (Å²) in [4.78, 5) is 12.5. The molecule has 4 heteroatoms. The third-order valence-corrected chi connectivity index (χ3v) is 5.83. The standard InChI is InChI=1S/C24H21NO3/c26-23-13-22(19-11-5-6-12-20(19)23)25-24(27)28-14-21-17-9-3-1-7-15(17)16-8-2-4-10-18(16)21/h1-12,21-23,26H,13-14H2,(H,25,27). The van der Waals surface area contributed by atoms with Crippen LogP contribution in [0.5, 0.6) is 0 Å². The molecule has 2 atom stereocenters. The molecule has 2 aliphatic carbocycles. The number of rotatable bonds is 3. The monoisotopic (exact) mass is 371 g/mol. The van der Waals surface area contributed by atoms with E-state index in [-0.39, 0.29) is 18.6 Å². The molecule has 3 aromatic carbocycles. The molecule has 0 saturated carbocycles. The first-order chi connectivity index (χ1) is 13.7. The zero-order chi connectivity index (χ0) is 19.1. The summed E-state index contributed by atoms with van der Waals surface area (Å²) in [5.41, 5.74) is 6.64. The van der Waals surface area contributed by atoms with Crippen LogP contribution in [0.1, 0.15) is 46.7 Å².